The van der Waals surface area contributed by atoms with Crippen LogP contribution in [0.15, 0.2) is 71.8 Å². The number of hydrogen-bond donors (Lipinski definition) is 1. The van der Waals surface area contributed by atoms with Gasteiger partial charge in [0.05, 0.1) is 10.5 Å². The van der Waals surface area contributed by atoms with Crippen LogP contribution in [-0.2, 0) is 16.2 Å². The molecule has 32 heavy (non-hydrogen) atoms. The summed E-state index contributed by atoms with van der Waals surface area (Å²) in [6.45, 7) is 0.803. The zero-order valence-corrected chi connectivity index (χ0v) is 18.3. The smallest absolute Gasteiger partial charge is 0.355 e. The van der Waals surface area contributed by atoms with Crippen LogP contribution < -0.4 is 9.62 Å². The van der Waals surface area contributed by atoms with E-state index >= 15 is 0 Å². The fourth-order valence-electron chi connectivity index (χ4n) is 3.59. The number of halogens is 4. The van der Waals surface area contributed by atoms with E-state index in [0.29, 0.717) is 30.4 Å². The van der Waals surface area contributed by atoms with Crippen LogP contribution in [0.4, 0.5) is 19.0 Å². The normalized spacial score (nSPS) is 17.0. The number of aromatic nitrogens is 1. The predicted octanol–water partition coefficient (Wildman–Crippen LogP) is 4.98. The quantitative estimate of drug-likeness (QED) is 0.558. The van der Waals surface area contributed by atoms with Gasteiger partial charge in [0.1, 0.15) is 5.82 Å². The maximum absolute atomic E-state index is 12.8. The van der Waals surface area contributed by atoms with Crippen LogP contribution >= 0.6 is 11.6 Å². The van der Waals surface area contributed by atoms with Gasteiger partial charge in [-0.25, -0.2) is 18.1 Å². The lowest BCUT2D eigenvalue weighted by Gasteiger charge is -2.18. The third-order valence-electron chi connectivity index (χ3n) is 5.23. The Morgan fingerprint density at radius 1 is 1.03 bits per heavy atom. The molecule has 0 bridgehead atoms. The van der Waals surface area contributed by atoms with Crippen LogP contribution in [0.3, 0.4) is 0 Å². The van der Waals surface area contributed by atoms with Gasteiger partial charge in [0.2, 0.25) is 10.0 Å². The number of rotatable bonds is 5. The first-order valence-electron chi connectivity index (χ1n) is 9.78. The molecule has 1 N–H and O–H groups in total. The number of pyridine rings is 1. The number of hydrogen-bond acceptors (Lipinski definition) is 4. The van der Waals surface area contributed by atoms with Gasteiger partial charge < -0.3 is 4.90 Å². The van der Waals surface area contributed by atoms with Gasteiger partial charge in [-0.2, -0.15) is 13.2 Å². The van der Waals surface area contributed by atoms with Gasteiger partial charge in [-0.15, -0.1) is 0 Å². The number of anilines is 1. The molecular formula is C22H19ClF3N3O2S. The van der Waals surface area contributed by atoms with Crippen molar-refractivity contribution in [1.82, 2.24) is 9.71 Å². The van der Waals surface area contributed by atoms with Crippen LogP contribution in [0.1, 0.15) is 12.0 Å². The number of benzene rings is 2. The Morgan fingerprint density at radius 2 is 1.78 bits per heavy atom. The second kappa shape index (κ2) is 8.73. The summed E-state index contributed by atoms with van der Waals surface area (Å²) < 4.78 is 66.4. The monoisotopic (exact) mass is 481 g/mol. The molecule has 3 aromatic rings. The molecule has 2 heterocycles. The first-order chi connectivity index (χ1) is 15.1. The van der Waals surface area contributed by atoms with E-state index in [4.69, 9.17) is 11.6 Å². The van der Waals surface area contributed by atoms with Gasteiger partial charge in [0, 0.05) is 30.4 Å². The van der Waals surface area contributed by atoms with Crippen molar-refractivity contribution in [2.45, 2.75) is 23.5 Å². The summed E-state index contributed by atoms with van der Waals surface area (Å²) in [4.78, 5) is 5.77. The average molecular weight is 482 g/mol. The lowest BCUT2D eigenvalue weighted by molar-refractivity contribution is -0.137. The van der Waals surface area contributed by atoms with Crippen LogP contribution in [0.2, 0.25) is 5.02 Å². The Kier molecular flexibility index (Phi) is 6.15. The van der Waals surface area contributed by atoms with E-state index in [-0.39, 0.29) is 10.9 Å². The summed E-state index contributed by atoms with van der Waals surface area (Å²) in [5.74, 6) is 0.380. The number of nitrogens with one attached hydrogen (secondary N) is 1. The Morgan fingerprint density at radius 3 is 2.41 bits per heavy atom. The minimum Gasteiger partial charge on any atom is -0.355 e. The van der Waals surface area contributed by atoms with E-state index in [1.54, 1.807) is 29.2 Å². The van der Waals surface area contributed by atoms with E-state index < -0.39 is 21.8 Å². The SMILES string of the molecule is O=S(=O)(NC1CCN(c2ccc(C(F)(F)F)cn2)C1)c1ccc(-c2cccc(Cl)c2)cc1. The summed E-state index contributed by atoms with van der Waals surface area (Å²) in [6.07, 6.45) is -3.14. The molecule has 10 heteroatoms. The highest BCUT2D eigenvalue weighted by atomic mass is 35.5. The molecular weight excluding hydrogens is 463 g/mol. The summed E-state index contributed by atoms with van der Waals surface area (Å²) in [5.41, 5.74) is 0.899. The molecule has 4 rings (SSSR count). The van der Waals surface area contributed by atoms with Crippen molar-refractivity contribution in [1.29, 1.82) is 0 Å². The second-order valence-corrected chi connectivity index (χ2v) is 9.64. The van der Waals surface area contributed by atoms with Gasteiger partial charge in [-0.05, 0) is 53.9 Å². The predicted molar refractivity (Wildman–Crippen MR) is 117 cm³/mol. The molecule has 1 atom stereocenters. The first-order valence-corrected chi connectivity index (χ1v) is 11.6. The number of sulfonamides is 1. The zero-order chi connectivity index (χ0) is 22.9. The van der Waals surface area contributed by atoms with Crippen molar-refractivity contribution in [3.63, 3.8) is 0 Å². The van der Waals surface area contributed by atoms with Gasteiger partial charge >= 0.3 is 6.18 Å². The molecule has 1 unspecified atom stereocenters. The molecule has 0 saturated carbocycles. The molecule has 1 aliphatic rings. The molecule has 0 aliphatic carbocycles. The van der Waals surface area contributed by atoms with Crippen molar-refractivity contribution in [3.8, 4) is 11.1 Å². The van der Waals surface area contributed by atoms with Crippen molar-refractivity contribution in [2.24, 2.45) is 0 Å². The lowest BCUT2D eigenvalue weighted by Crippen LogP contribution is -2.37. The van der Waals surface area contributed by atoms with Crippen molar-refractivity contribution in [3.05, 3.63) is 77.4 Å². The van der Waals surface area contributed by atoms with Crippen molar-refractivity contribution in [2.75, 3.05) is 18.0 Å². The summed E-state index contributed by atoms with van der Waals surface area (Å²) in [6, 6.07) is 15.7. The second-order valence-electron chi connectivity index (χ2n) is 7.49. The standard InChI is InChI=1S/C22H19ClF3N3O2S/c23-18-3-1-2-16(12-18)15-4-7-20(8-5-15)32(30,31)28-19-10-11-29(14-19)21-9-6-17(13-27-21)22(24,25)26/h1-9,12-13,19,28H,10-11,14H2. The van der Waals surface area contributed by atoms with Crippen LogP contribution in [-0.4, -0.2) is 32.5 Å². The summed E-state index contributed by atoms with van der Waals surface area (Å²) in [7, 11) is -3.75. The fraction of sp³-hybridized carbons (Fsp3) is 0.227. The Balaban J connectivity index is 1.42. The summed E-state index contributed by atoms with van der Waals surface area (Å²) >= 11 is 6.01. The van der Waals surface area contributed by atoms with Crippen LogP contribution in [0.5, 0.6) is 0 Å². The molecule has 1 aromatic heterocycles. The highest BCUT2D eigenvalue weighted by molar-refractivity contribution is 7.89. The number of alkyl halides is 3. The minimum atomic E-state index is -4.45. The van der Waals surface area contributed by atoms with Crippen LogP contribution in [0, 0.1) is 0 Å². The van der Waals surface area contributed by atoms with Gasteiger partial charge in [0.15, 0.2) is 0 Å². The fourth-order valence-corrected chi connectivity index (χ4v) is 5.04. The highest BCUT2D eigenvalue weighted by Crippen LogP contribution is 2.30. The molecule has 2 aromatic carbocycles. The Bertz CT molecular complexity index is 1200. The third-order valence-corrected chi connectivity index (χ3v) is 7.00. The molecule has 0 spiro atoms. The van der Waals surface area contributed by atoms with Gasteiger partial charge in [0.25, 0.3) is 0 Å². The largest absolute Gasteiger partial charge is 0.417 e. The molecule has 1 aliphatic heterocycles. The maximum Gasteiger partial charge on any atom is 0.417 e. The highest BCUT2D eigenvalue weighted by Gasteiger charge is 2.32. The maximum atomic E-state index is 12.8. The lowest BCUT2D eigenvalue weighted by atomic mass is 10.1. The molecule has 5 nitrogen and oxygen atoms in total. The van der Waals surface area contributed by atoms with E-state index in [1.165, 1.54) is 18.2 Å². The summed E-state index contributed by atoms with van der Waals surface area (Å²) in [5, 5.41) is 0.592. The molecule has 1 fully saturated rings. The van der Waals surface area contributed by atoms with Gasteiger partial charge in [-0.3, -0.25) is 0 Å². The van der Waals surface area contributed by atoms with E-state index in [0.717, 1.165) is 23.4 Å². The Hall–Kier alpha value is -2.62. The van der Waals surface area contributed by atoms with Crippen molar-refractivity contribution >= 4 is 27.4 Å². The zero-order valence-electron chi connectivity index (χ0n) is 16.7. The minimum absolute atomic E-state index is 0.134. The Labute approximate surface area is 188 Å². The number of nitrogens with zero attached hydrogens (tertiary/aromatic N) is 2. The van der Waals surface area contributed by atoms with Crippen molar-refractivity contribution < 1.29 is 21.6 Å². The molecule has 0 amide bonds. The molecule has 168 valence electrons. The first kappa shape index (κ1) is 22.6. The molecule has 1 saturated heterocycles. The topological polar surface area (TPSA) is 62.3 Å². The van der Waals surface area contributed by atoms with Crippen LogP contribution in [0.25, 0.3) is 11.1 Å². The van der Waals surface area contributed by atoms with Gasteiger partial charge in [-0.1, -0.05) is 35.9 Å². The van der Waals surface area contributed by atoms with E-state index in [1.807, 2.05) is 12.1 Å². The van der Waals surface area contributed by atoms with E-state index in [2.05, 4.69) is 9.71 Å². The molecule has 0 radical (unpaired) electrons. The van der Waals surface area contributed by atoms with E-state index in [9.17, 15) is 21.6 Å². The third kappa shape index (κ3) is 5.06. The average Bonchev–Trinajstić information content (AvgIpc) is 3.21.